The predicted molar refractivity (Wildman–Crippen MR) is 64.4 cm³/mol. The second-order valence-electron chi connectivity index (χ2n) is 4.13. The molecule has 0 amide bonds. The topological polar surface area (TPSA) is 29.0 Å². The van der Waals surface area contributed by atoms with Gasteiger partial charge in [-0.05, 0) is 37.7 Å². The maximum Gasteiger partial charge on any atom is 0.151 e. The van der Waals surface area contributed by atoms with Gasteiger partial charge in [-0.25, -0.2) is 0 Å². The third-order valence-electron chi connectivity index (χ3n) is 3.27. The van der Waals surface area contributed by atoms with Crippen LogP contribution in [0.2, 0.25) is 0 Å². The fourth-order valence-electron chi connectivity index (χ4n) is 1.99. The van der Waals surface area contributed by atoms with E-state index in [0.29, 0.717) is 6.04 Å². The highest BCUT2D eigenvalue weighted by Gasteiger charge is 2.28. The lowest BCUT2D eigenvalue weighted by atomic mass is 10.1. The Morgan fingerprint density at radius 1 is 1.33 bits per heavy atom. The SMILES string of the molecule is CSc1ccc(N2CCC(C)C2C)nn1. The molecule has 2 unspecified atom stereocenters. The standard InChI is InChI=1S/C11H17N3S/c1-8-6-7-14(9(8)2)10-4-5-11(15-3)13-12-10/h4-5,8-9H,6-7H2,1-3H3. The fraction of sp³-hybridized carbons (Fsp3) is 0.636. The summed E-state index contributed by atoms with van der Waals surface area (Å²) < 4.78 is 0. The van der Waals surface area contributed by atoms with Crippen LogP contribution in [0.5, 0.6) is 0 Å². The average Bonchev–Trinajstić information content (AvgIpc) is 2.60. The molecule has 15 heavy (non-hydrogen) atoms. The van der Waals surface area contributed by atoms with Gasteiger partial charge in [0.15, 0.2) is 5.82 Å². The first-order chi connectivity index (χ1) is 7.22. The monoisotopic (exact) mass is 223 g/mol. The minimum Gasteiger partial charge on any atom is -0.352 e. The van der Waals surface area contributed by atoms with Gasteiger partial charge in [-0.15, -0.1) is 22.0 Å². The Labute approximate surface area is 95.3 Å². The Hall–Kier alpha value is -0.770. The highest BCUT2D eigenvalue weighted by Crippen LogP contribution is 2.27. The number of hydrogen-bond donors (Lipinski definition) is 0. The lowest BCUT2D eigenvalue weighted by molar-refractivity contribution is 0.543. The first-order valence-corrected chi connectivity index (χ1v) is 6.59. The summed E-state index contributed by atoms with van der Waals surface area (Å²) in [5.41, 5.74) is 0. The molecule has 0 spiro atoms. The molecule has 0 N–H and O–H groups in total. The van der Waals surface area contributed by atoms with E-state index in [1.807, 2.05) is 12.3 Å². The summed E-state index contributed by atoms with van der Waals surface area (Å²) in [4.78, 5) is 2.35. The molecule has 2 atom stereocenters. The normalized spacial score (nSPS) is 25.9. The largest absolute Gasteiger partial charge is 0.352 e. The fourth-order valence-corrected chi connectivity index (χ4v) is 2.32. The Kier molecular flexibility index (Phi) is 3.14. The number of aromatic nitrogens is 2. The van der Waals surface area contributed by atoms with Gasteiger partial charge < -0.3 is 4.90 Å². The van der Waals surface area contributed by atoms with Crippen LogP contribution in [0.1, 0.15) is 20.3 Å². The van der Waals surface area contributed by atoms with Crippen LogP contribution in [0, 0.1) is 5.92 Å². The Balaban J connectivity index is 2.16. The molecular formula is C11H17N3S. The molecule has 1 aromatic rings. The summed E-state index contributed by atoms with van der Waals surface area (Å²) in [6, 6.07) is 4.70. The van der Waals surface area contributed by atoms with Crippen LogP contribution in [-0.2, 0) is 0 Å². The van der Waals surface area contributed by atoms with Crippen molar-refractivity contribution in [2.75, 3.05) is 17.7 Å². The molecule has 2 rings (SSSR count). The molecule has 1 aliphatic heterocycles. The zero-order valence-corrected chi connectivity index (χ0v) is 10.3. The maximum absolute atomic E-state index is 4.27. The maximum atomic E-state index is 4.27. The molecule has 1 aromatic heterocycles. The summed E-state index contributed by atoms with van der Waals surface area (Å²) in [6.45, 7) is 5.67. The molecule has 1 fully saturated rings. The van der Waals surface area contributed by atoms with E-state index >= 15 is 0 Å². The molecule has 1 aliphatic rings. The van der Waals surface area contributed by atoms with Gasteiger partial charge >= 0.3 is 0 Å². The Bertz CT molecular complexity index is 325. The number of hydrogen-bond acceptors (Lipinski definition) is 4. The predicted octanol–water partition coefficient (Wildman–Crippen LogP) is 2.43. The second kappa shape index (κ2) is 4.39. The van der Waals surface area contributed by atoms with E-state index in [0.717, 1.165) is 23.3 Å². The third kappa shape index (κ3) is 2.09. The molecule has 0 radical (unpaired) electrons. The minimum atomic E-state index is 0.583. The third-order valence-corrected chi connectivity index (χ3v) is 3.91. The zero-order chi connectivity index (χ0) is 10.8. The van der Waals surface area contributed by atoms with E-state index in [2.05, 4.69) is 35.0 Å². The molecule has 1 saturated heterocycles. The first-order valence-electron chi connectivity index (χ1n) is 5.36. The van der Waals surface area contributed by atoms with Crippen molar-refractivity contribution in [2.24, 2.45) is 5.92 Å². The molecule has 0 aliphatic carbocycles. The van der Waals surface area contributed by atoms with Gasteiger partial charge in [0, 0.05) is 12.6 Å². The Morgan fingerprint density at radius 2 is 2.13 bits per heavy atom. The summed E-state index contributed by atoms with van der Waals surface area (Å²) in [6.07, 6.45) is 3.28. The van der Waals surface area contributed by atoms with Gasteiger partial charge in [-0.3, -0.25) is 0 Å². The van der Waals surface area contributed by atoms with Crippen LogP contribution in [0.4, 0.5) is 5.82 Å². The number of thioether (sulfide) groups is 1. The van der Waals surface area contributed by atoms with Crippen molar-refractivity contribution in [3.8, 4) is 0 Å². The second-order valence-corrected chi connectivity index (χ2v) is 4.96. The van der Waals surface area contributed by atoms with Gasteiger partial charge in [-0.1, -0.05) is 6.92 Å². The highest BCUT2D eigenvalue weighted by atomic mass is 32.2. The molecular weight excluding hydrogens is 206 g/mol. The lowest BCUT2D eigenvalue weighted by Crippen LogP contribution is -2.29. The molecule has 0 aromatic carbocycles. The van der Waals surface area contributed by atoms with Crippen molar-refractivity contribution in [1.82, 2.24) is 10.2 Å². The highest BCUT2D eigenvalue weighted by molar-refractivity contribution is 7.98. The smallest absolute Gasteiger partial charge is 0.151 e. The van der Waals surface area contributed by atoms with E-state index in [1.54, 1.807) is 11.8 Å². The molecule has 0 saturated carbocycles. The molecule has 82 valence electrons. The van der Waals surface area contributed by atoms with Crippen molar-refractivity contribution in [3.05, 3.63) is 12.1 Å². The number of rotatable bonds is 2. The van der Waals surface area contributed by atoms with Crippen LogP contribution >= 0.6 is 11.8 Å². The quantitative estimate of drug-likeness (QED) is 0.720. The molecule has 0 bridgehead atoms. The molecule has 4 heteroatoms. The summed E-state index contributed by atoms with van der Waals surface area (Å²) in [5, 5.41) is 9.43. The summed E-state index contributed by atoms with van der Waals surface area (Å²) in [5.74, 6) is 1.77. The average molecular weight is 223 g/mol. The lowest BCUT2D eigenvalue weighted by Gasteiger charge is -2.23. The van der Waals surface area contributed by atoms with Gasteiger partial charge in [0.05, 0.1) is 0 Å². The summed E-state index contributed by atoms with van der Waals surface area (Å²) in [7, 11) is 0. The minimum absolute atomic E-state index is 0.583. The van der Waals surface area contributed by atoms with E-state index in [4.69, 9.17) is 0 Å². The van der Waals surface area contributed by atoms with Gasteiger partial charge in [0.25, 0.3) is 0 Å². The first kappa shape index (κ1) is 10.7. The van der Waals surface area contributed by atoms with Crippen molar-refractivity contribution in [1.29, 1.82) is 0 Å². The van der Waals surface area contributed by atoms with E-state index in [1.165, 1.54) is 6.42 Å². The van der Waals surface area contributed by atoms with Crippen molar-refractivity contribution in [3.63, 3.8) is 0 Å². The van der Waals surface area contributed by atoms with Crippen molar-refractivity contribution < 1.29 is 0 Å². The summed E-state index contributed by atoms with van der Waals surface area (Å²) >= 11 is 1.63. The van der Waals surface area contributed by atoms with Gasteiger partial charge in [0.2, 0.25) is 0 Å². The van der Waals surface area contributed by atoms with Gasteiger partial charge in [0.1, 0.15) is 5.03 Å². The van der Waals surface area contributed by atoms with Crippen molar-refractivity contribution in [2.45, 2.75) is 31.3 Å². The van der Waals surface area contributed by atoms with Crippen LogP contribution in [0.3, 0.4) is 0 Å². The van der Waals surface area contributed by atoms with E-state index < -0.39 is 0 Å². The molecule has 3 nitrogen and oxygen atoms in total. The van der Waals surface area contributed by atoms with Crippen LogP contribution in [0.15, 0.2) is 17.2 Å². The van der Waals surface area contributed by atoms with Gasteiger partial charge in [-0.2, -0.15) is 0 Å². The van der Waals surface area contributed by atoms with Crippen LogP contribution in [0.25, 0.3) is 0 Å². The van der Waals surface area contributed by atoms with E-state index in [-0.39, 0.29) is 0 Å². The number of anilines is 1. The van der Waals surface area contributed by atoms with Crippen molar-refractivity contribution >= 4 is 17.6 Å². The Morgan fingerprint density at radius 3 is 2.60 bits per heavy atom. The zero-order valence-electron chi connectivity index (χ0n) is 9.47. The van der Waals surface area contributed by atoms with Crippen LogP contribution < -0.4 is 4.90 Å². The van der Waals surface area contributed by atoms with E-state index in [9.17, 15) is 0 Å². The van der Waals surface area contributed by atoms with Crippen LogP contribution in [-0.4, -0.2) is 29.0 Å². The molecule has 2 heterocycles. The number of nitrogens with zero attached hydrogens (tertiary/aromatic N) is 3.